The maximum absolute atomic E-state index is 12.7. The molecule has 2 aromatic rings. The summed E-state index contributed by atoms with van der Waals surface area (Å²) in [4.78, 5) is 27.9. The van der Waals surface area contributed by atoms with Crippen LogP contribution in [-0.4, -0.2) is 37.2 Å². The third kappa shape index (κ3) is 4.17. The van der Waals surface area contributed by atoms with Gasteiger partial charge in [0.15, 0.2) is 0 Å². The Morgan fingerprint density at radius 1 is 1.04 bits per heavy atom. The minimum atomic E-state index is -0.451. The van der Waals surface area contributed by atoms with Crippen LogP contribution >= 0.6 is 0 Å². The van der Waals surface area contributed by atoms with E-state index in [0.717, 1.165) is 0 Å². The van der Waals surface area contributed by atoms with Crippen molar-refractivity contribution < 1.29 is 23.8 Å². The summed E-state index contributed by atoms with van der Waals surface area (Å²) in [6.07, 6.45) is -0.238. The lowest BCUT2D eigenvalue weighted by atomic mass is 10.1. The lowest BCUT2D eigenvalue weighted by molar-refractivity contribution is 0.0376. The molecule has 0 radical (unpaired) electrons. The number of benzene rings is 1. The second-order valence-corrected chi connectivity index (χ2v) is 6.13. The summed E-state index contributed by atoms with van der Waals surface area (Å²) < 4.78 is 15.6. The van der Waals surface area contributed by atoms with E-state index in [1.165, 1.54) is 14.2 Å². The van der Waals surface area contributed by atoms with Gasteiger partial charge in [-0.3, -0.25) is 4.79 Å². The summed E-state index contributed by atoms with van der Waals surface area (Å²) in [6.45, 7) is 6.99. The smallest absolute Gasteiger partial charge is 0.340 e. The molecule has 140 valence electrons. The average molecular weight is 360 g/mol. The number of carbonyl (C=O) groups excluding carboxylic acids is 2. The fourth-order valence-corrected chi connectivity index (χ4v) is 2.63. The molecule has 0 saturated heterocycles. The third-order valence-corrected chi connectivity index (χ3v) is 3.82. The standard InChI is InChI=1S/C19H24N2O5/c1-10(2)26-19(23)16-11(3)17(20-12(16)4)18(22)21-13-7-14(24-5)9-15(8-13)25-6/h7-10,20H,1-6H3,(H,21,22). The summed E-state index contributed by atoms with van der Waals surface area (Å²) in [6, 6.07) is 5.07. The summed E-state index contributed by atoms with van der Waals surface area (Å²) >= 11 is 0. The highest BCUT2D eigenvalue weighted by atomic mass is 16.5. The van der Waals surface area contributed by atoms with E-state index in [2.05, 4.69) is 10.3 Å². The van der Waals surface area contributed by atoms with E-state index < -0.39 is 5.97 Å². The van der Waals surface area contributed by atoms with Gasteiger partial charge in [0.2, 0.25) is 0 Å². The van der Waals surface area contributed by atoms with Gasteiger partial charge in [0.25, 0.3) is 5.91 Å². The second-order valence-electron chi connectivity index (χ2n) is 6.13. The van der Waals surface area contributed by atoms with Crippen LogP contribution in [0, 0.1) is 13.8 Å². The molecule has 1 aromatic carbocycles. The molecule has 1 aromatic heterocycles. The number of carbonyl (C=O) groups is 2. The van der Waals surface area contributed by atoms with Crippen LogP contribution in [0.25, 0.3) is 0 Å². The number of aromatic amines is 1. The number of anilines is 1. The summed E-state index contributed by atoms with van der Waals surface area (Å²) in [5, 5.41) is 2.79. The Bertz CT molecular complexity index is 801. The van der Waals surface area contributed by atoms with Crippen LogP contribution in [0.5, 0.6) is 11.5 Å². The van der Waals surface area contributed by atoms with E-state index in [1.54, 1.807) is 45.9 Å². The highest BCUT2D eigenvalue weighted by Gasteiger charge is 2.23. The summed E-state index contributed by atoms with van der Waals surface area (Å²) in [5.74, 6) is 0.290. The second kappa shape index (κ2) is 7.95. The van der Waals surface area contributed by atoms with Crippen LogP contribution in [-0.2, 0) is 4.74 Å². The zero-order valence-corrected chi connectivity index (χ0v) is 15.9. The molecule has 0 aliphatic rings. The van der Waals surface area contributed by atoms with Crippen molar-refractivity contribution in [2.45, 2.75) is 33.8 Å². The molecule has 0 bridgehead atoms. The van der Waals surface area contributed by atoms with Crippen LogP contribution < -0.4 is 14.8 Å². The number of amides is 1. The normalized spacial score (nSPS) is 10.6. The van der Waals surface area contributed by atoms with Crippen molar-refractivity contribution in [1.82, 2.24) is 4.98 Å². The summed E-state index contributed by atoms with van der Waals surface area (Å²) in [5.41, 5.74) is 2.33. The van der Waals surface area contributed by atoms with Crippen LogP contribution in [0.4, 0.5) is 5.69 Å². The molecule has 0 fully saturated rings. The fourth-order valence-electron chi connectivity index (χ4n) is 2.63. The van der Waals surface area contributed by atoms with Gasteiger partial charge in [0, 0.05) is 29.6 Å². The number of hydrogen-bond acceptors (Lipinski definition) is 5. The number of esters is 1. The van der Waals surface area contributed by atoms with Gasteiger partial charge in [-0.05, 0) is 33.3 Å². The van der Waals surface area contributed by atoms with Gasteiger partial charge < -0.3 is 24.5 Å². The van der Waals surface area contributed by atoms with Crippen molar-refractivity contribution >= 4 is 17.6 Å². The zero-order valence-electron chi connectivity index (χ0n) is 15.9. The van der Waals surface area contributed by atoms with E-state index in [9.17, 15) is 9.59 Å². The molecular formula is C19H24N2O5. The van der Waals surface area contributed by atoms with Crippen LogP contribution in [0.3, 0.4) is 0 Å². The van der Waals surface area contributed by atoms with Crippen LogP contribution in [0.2, 0.25) is 0 Å². The Balaban J connectivity index is 2.30. The molecule has 7 nitrogen and oxygen atoms in total. The predicted octanol–water partition coefficient (Wildman–Crippen LogP) is 3.47. The zero-order chi connectivity index (χ0) is 19.4. The van der Waals surface area contributed by atoms with Gasteiger partial charge >= 0.3 is 5.97 Å². The molecular weight excluding hydrogens is 336 g/mol. The van der Waals surface area contributed by atoms with Crippen molar-refractivity contribution in [3.05, 3.63) is 40.7 Å². The Morgan fingerprint density at radius 3 is 2.12 bits per heavy atom. The average Bonchev–Trinajstić information content (AvgIpc) is 2.88. The Labute approximate surface area is 152 Å². The number of nitrogens with one attached hydrogen (secondary N) is 2. The van der Waals surface area contributed by atoms with E-state index in [4.69, 9.17) is 14.2 Å². The van der Waals surface area contributed by atoms with Gasteiger partial charge in [0.1, 0.15) is 17.2 Å². The van der Waals surface area contributed by atoms with E-state index in [-0.39, 0.29) is 12.0 Å². The minimum absolute atomic E-state index is 0.238. The monoisotopic (exact) mass is 360 g/mol. The molecule has 1 amide bonds. The van der Waals surface area contributed by atoms with Crippen molar-refractivity contribution in [3.63, 3.8) is 0 Å². The summed E-state index contributed by atoms with van der Waals surface area (Å²) in [7, 11) is 3.07. The molecule has 2 N–H and O–H groups in total. The minimum Gasteiger partial charge on any atom is -0.497 e. The van der Waals surface area contributed by atoms with Crippen molar-refractivity contribution in [2.75, 3.05) is 19.5 Å². The molecule has 2 rings (SSSR count). The lowest BCUT2D eigenvalue weighted by Crippen LogP contribution is -2.15. The molecule has 7 heteroatoms. The molecule has 26 heavy (non-hydrogen) atoms. The van der Waals surface area contributed by atoms with Gasteiger partial charge in [-0.1, -0.05) is 0 Å². The predicted molar refractivity (Wildman–Crippen MR) is 98.3 cm³/mol. The number of ether oxygens (including phenoxy) is 3. The molecule has 0 atom stereocenters. The van der Waals surface area contributed by atoms with E-state index in [0.29, 0.717) is 39.7 Å². The Morgan fingerprint density at radius 2 is 1.62 bits per heavy atom. The fraction of sp³-hybridized carbons (Fsp3) is 0.368. The first kappa shape index (κ1) is 19.4. The molecule has 0 saturated carbocycles. The first-order valence-electron chi connectivity index (χ1n) is 8.21. The van der Waals surface area contributed by atoms with Crippen molar-refractivity contribution in [2.24, 2.45) is 0 Å². The number of rotatable bonds is 6. The number of methoxy groups -OCH3 is 2. The molecule has 0 unspecified atom stereocenters. The maximum atomic E-state index is 12.7. The maximum Gasteiger partial charge on any atom is 0.340 e. The van der Waals surface area contributed by atoms with E-state index >= 15 is 0 Å². The number of aromatic nitrogens is 1. The van der Waals surface area contributed by atoms with Gasteiger partial charge in [-0.15, -0.1) is 0 Å². The Hall–Kier alpha value is -2.96. The van der Waals surface area contributed by atoms with Gasteiger partial charge in [-0.2, -0.15) is 0 Å². The van der Waals surface area contributed by atoms with Crippen LogP contribution in [0.1, 0.15) is 46.0 Å². The Kier molecular flexibility index (Phi) is 5.92. The van der Waals surface area contributed by atoms with Crippen molar-refractivity contribution in [1.29, 1.82) is 0 Å². The molecule has 0 spiro atoms. The van der Waals surface area contributed by atoms with Gasteiger partial charge in [0.05, 0.1) is 25.9 Å². The first-order valence-corrected chi connectivity index (χ1v) is 8.21. The third-order valence-electron chi connectivity index (χ3n) is 3.82. The largest absolute Gasteiger partial charge is 0.497 e. The molecule has 1 heterocycles. The number of aryl methyl sites for hydroxylation is 1. The highest BCUT2D eigenvalue weighted by molar-refractivity contribution is 6.07. The highest BCUT2D eigenvalue weighted by Crippen LogP contribution is 2.27. The topological polar surface area (TPSA) is 89.7 Å². The molecule has 0 aliphatic heterocycles. The lowest BCUT2D eigenvalue weighted by Gasteiger charge is -2.10. The quantitative estimate of drug-likeness (QED) is 0.770. The first-order chi connectivity index (χ1) is 12.3. The SMILES string of the molecule is COc1cc(NC(=O)c2[nH]c(C)c(C(=O)OC(C)C)c2C)cc(OC)c1. The van der Waals surface area contributed by atoms with Crippen LogP contribution in [0.15, 0.2) is 18.2 Å². The number of hydrogen-bond donors (Lipinski definition) is 2. The van der Waals surface area contributed by atoms with Crippen molar-refractivity contribution in [3.8, 4) is 11.5 Å². The van der Waals surface area contributed by atoms with Gasteiger partial charge in [-0.25, -0.2) is 4.79 Å². The van der Waals surface area contributed by atoms with E-state index in [1.807, 2.05) is 0 Å². The number of H-pyrrole nitrogens is 1. The molecule has 0 aliphatic carbocycles.